The third-order valence-corrected chi connectivity index (χ3v) is 2.20. The molecule has 0 unspecified atom stereocenters. The van der Waals surface area contributed by atoms with E-state index >= 15 is 0 Å². The molecule has 0 rings (SSSR count). The highest BCUT2D eigenvalue weighted by atomic mass is 35.5. The Kier molecular flexibility index (Phi) is 7.13. The minimum atomic E-state index is -0.441. The van der Waals surface area contributed by atoms with Crippen LogP contribution < -0.4 is 11.1 Å². The van der Waals surface area contributed by atoms with Crippen molar-refractivity contribution in [1.82, 2.24) is 5.32 Å². The minimum absolute atomic E-state index is 0.171. The second-order valence-corrected chi connectivity index (χ2v) is 4.14. The number of carbonyl (C=O) groups excluding carboxylic acids is 1. The van der Waals surface area contributed by atoms with E-state index in [9.17, 15) is 4.79 Å². The van der Waals surface area contributed by atoms with Gasteiger partial charge in [0, 0.05) is 5.03 Å². The highest BCUT2D eigenvalue weighted by molar-refractivity contribution is 7.98. The molecule has 1 atom stereocenters. The average Bonchev–Trinajstić information content (AvgIpc) is 2.10. The number of nitrogens with one attached hydrogen (secondary N) is 1. The van der Waals surface area contributed by atoms with E-state index in [1.54, 1.807) is 11.8 Å². The van der Waals surface area contributed by atoms with Crippen LogP contribution in [0.2, 0.25) is 0 Å². The molecule has 0 aromatic rings. The number of amides is 1. The van der Waals surface area contributed by atoms with Crippen LogP contribution in [0.15, 0.2) is 11.6 Å². The lowest BCUT2D eigenvalue weighted by atomic mass is 10.2. The van der Waals surface area contributed by atoms with Gasteiger partial charge >= 0.3 is 0 Å². The predicted octanol–water partition coefficient (Wildman–Crippen LogP) is 0.935. The van der Waals surface area contributed by atoms with Gasteiger partial charge in [-0.15, -0.1) is 0 Å². The topological polar surface area (TPSA) is 55.1 Å². The van der Waals surface area contributed by atoms with Gasteiger partial charge in [0.25, 0.3) is 0 Å². The van der Waals surface area contributed by atoms with E-state index in [2.05, 4.69) is 11.9 Å². The van der Waals surface area contributed by atoms with Crippen molar-refractivity contribution in [3.8, 4) is 0 Å². The van der Waals surface area contributed by atoms with Crippen LogP contribution in [0.5, 0.6) is 0 Å². The summed E-state index contributed by atoms with van der Waals surface area (Å²) in [6, 6.07) is -0.441. The highest BCUT2D eigenvalue weighted by Gasteiger charge is 2.11. The van der Waals surface area contributed by atoms with Gasteiger partial charge in [0.15, 0.2) is 0 Å². The maximum absolute atomic E-state index is 11.2. The van der Waals surface area contributed by atoms with E-state index < -0.39 is 6.04 Å². The molecule has 0 aromatic heterocycles. The lowest BCUT2D eigenvalue weighted by Gasteiger charge is -2.10. The van der Waals surface area contributed by atoms with Crippen molar-refractivity contribution in [3.63, 3.8) is 0 Å². The Morgan fingerprint density at radius 3 is 2.85 bits per heavy atom. The zero-order valence-corrected chi connectivity index (χ0v) is 9.25. The highest BCUT2D eigenvalue weighted by Crippen LogP contribution is 1.99. The van der Waals surface area contributed by atoms with Crippen molar-refractivity contribution >= 4 is 29.3 Å². The molecule has 0 aliphatic heterocycles. The monoisotopic (exact) mass is 222 g/mol. The Hall–Kier alpha value is -0.190. The maximum Gasteiger partial charge on any atom is 0.237 e. The molecule has 0 radical (unpaired) electrons. The number of hydrogen-bond donors (Lipinski definition) is 2. The first-order valence-electron chi connectivity index (χ1n) is 3.93. The quantitative estimate of drug-likeness (QED) is 0.703. The molecule has 5 heteroatoms. The smallest absolute Gasteiger partial charge is 0.237 e. The number of halogens is 1. The molecule has 0 aromatic carbocycles. The summed E-state index contributed by atoms with van der Waals surface area (Å²) >= 11 is 7.14. The Bertz CT molecular complexity index is 187. The van der Waals surface area contributed by atoms with Gasteiger partial charge in [-0.05, 0) is 18.4 Å². The fourth-order valence-corrected chi connectivity index (χ4v) is 1.25. The van der Waals surface area contributed by atoms with E-state index in [1.165, 1.54) is 0 Å². The average molecular weight is 223 g/mol. The van der Waals surface area contributed by atoms with Crippen molar-refractivity contribution in [3.05, 3.63) is 11.6 Å². The third kappa shape index (κ3) is 6.93. The Morgan fingerprint density at radius 1 is 1.77 bits per heavy atom. The van der Waals surface area contributed by atoms with Crippen LogP contribution in [-0.4, -0.2) is 30.5 Å². The first-order valence-corrected chi connectivity index (χ1v) is 5.70. The van der Waals surface area contributed by atoms with Crippen LogP contribution in [0.3, 0.4) is 0 Å². The molecule has 0 aliphatic rings. The van der Waals surface area contributed by atoms with Gasteiger partial charge in [-0.1, -0.05) is 18.2 Å². The van der Waals surface area contributed by atoms with Crippen LogP contribution in [0.1, 0.15) is 6.42 Å². The third-order valence-electron chi connectivity index (χ3n) is 1.42. The van der Waals surface area contributed by atoms with Crippen LogP contribution in [0.4, 0.5) is 0 Å². The van der Waals surface area contributed by atoms with Gasteiger partial charge in [0.1, 0.15) is 0 Å². The molecular formula is C8H15ClN2OS. The van der Waals surface area contributed by atoms with E-state index in [0.717, 1.165) is 5.75 Å². The van der Waals surface area contributed by atoms with Crippen molar-refractivity contribution in [2.75, 3.05) is 18.6 Å². The Labute approximate surface area is 88.1 Å². The molecule has 0 spiro atoms. The fraction of sp³-hybridized carbons (Fsp3) is 0.625. The molecule has 0 fully saturated rings. The summed E-state index contributed by atoms with van der Waals surface area (Å²) in [5, 5.41) is 2.99. The Morgan fingerprint density at radius 2 is 2.38 bits per heavy atom. The molecule has 3 nitrogen and oxygen atoms in total. The van der Waals surface area contributed by atoms with E-state index in [0.29, 0.717) is 11.5 Å². The van der Waals surface area contributed by atoms with Crippen LogP contribution in [0.25, 0.3) is 0 Å². The molecule has 0 heterocycles. The number of nitrogens with two attached hydrogens (primary N) is 1. The number of hydrogen-bond acceptors (Lipinski definition) is 3. The molecular weight excluding hydrogens is 208 g/mol. The largest absolute Gasteiger partial charge is 0.350 e. The van der Waals surface area contributed by atoms with E-state index in [-0.39, 0.29) is 12.5 Å². The van der Waals surface area contributed by atoms with Crippen LogP contribution in [-0.2, 0) is 4.79 Å². The lowest BCUT2D eigenvalue weighted by molar-refractivity contribution is -0.122. The van der Waals surface area contributed by atoms with E-state index in [4.69, 9.17) is 17.3 Å². The summed E-state index contributed by atoms with van der Waals surface area (Å²) in [7, 11) is 0. The fourth-order valence-electron chi connectivity index (χ4n) is 0.690. The molecule has 1 amide bonds. The zero-order valence-electron chi connectivity index (χ0n) is 7.68. The lowest BCUT2D eigenvalue weighted by Crippen LogP contribution is -2.41. The second-order valence-electron chi connectivity index (χ2n) is 2.62. The minimum Gasteiger partial charge on any atom is -0.350 e. The van der Waals surface area contributed by atoms with Gasteiger partial charge in [0.05, 0.1) is 12.6 Å². The van der Waals surface area contributed by atoms with Gasteiger partial charge in [0.2, 0.25) is 5.91 Å². The number of thioether (sulfide) groups is 1. The van der Waals surface area contributed by atoms with Gasteiger partial charge in [-0.25, -0.2) is 0 Å². The zero-order chi connectivity index (χ0) is 10.3. The van der Waals surface area contributed by atoms with Crippen LogP contribution in [0, 0.1) is 0 Å². The molecule has 3 N–H and O–H groups in total. The van der Waals surface area contributed by atoms with Gasteiger partial charge in [-0.3, -0.25) is 4.79 Å². The molecule has 0 aliphatic carbocycles. The summed E-state index contributed by atoms with van der Waals surface area (Å²) in [6.45, 7) is 3.74. The number of rotatable bonds is 6. The predicted molar refractivity (Wildman–Crippen MR) is 59.0 cm³/mol. The first-order chi connectivity index (χ1) is 6.07. The summed E-state index contributed by atoms with van der Waals surface area (Å²) in [4.78, 5) is 11.2. The van der Waals surface area contributed by atoms with Gasteiger partial charge in [-0.2, -0.15) is 11.8 Å². The molecule has 0 saturated carbocycles. The summed E-state index contributed by atoms with van der Waals surface area (Å²) < 4.78 is 0. The van der Waals surface area contributed by atoms with Crippen molar-refractivity contribution in [2.45, 2.75) is 12.5 Å². The summed E-state index contributed by atoms with van der Waals surface area (Å²) in [5.74, 6) is 0.715. The molecule has 76 valence electrons. The first kappa shape index (κ1) is 12.8. The number of carbonyl (C=O) groups is 1. The molecule has 0 saturated heterocycles. The molecule has 0 bridgehead atoms. The second kappa shape index (κ2) is 7.24. The SMILES string of the molecule is C=C(Cl)CNC(=O)[C@@H](N)CCSC. The Balaban J connectivity index is 3.63. The molecule has 13 heavy (non-hydrogen) atoms. The standard InChI is InChI=1S/C8H15ClN2OS/c1-6(9)5-11-8(12)7(10)3-4-13-2/h7H,1,3-5,10H2,2H3,(H,11,12)/t7-/m0/s1. The van der Waals surface area contributed by atoms with E-state index in [1.807, 2.05) is 6.26 Å². The summed E-state index contributed by atoms with van der Waals surface area (Å²) in [6.07, 6.45) is 2.66. The van der Waals surface area contributed by atoms with Gasteiger partial charge < -0.3 is 11.1 Å². The van der Waals surface area contributed by atoms with Crippen LogP contribution >= 0.6 is 23.4 Å². The van der Waals surface area contributed by atoms with Crippen molar-refractivity contribution < 1.29 is 4.79 Å². The van der Waals surface area contributed by atoms with Crippen molar-refractivity contribution in [1.29, 1.82) is 0 Å². The normalized spacial score (nSPS) is 12.2. The maximum atomic E-state index is 11.2. The van der Waals surface area contributed by atoms with Crippen molar-refractivity contribution in [2.24, 2.45) is 5.73 Å². The summed E-state index contributed by atoms with van der Waals surface area (Å²) in [5.41, 5.74) is 5.59.